The smallest absolute Gasteiger partial charge is 0.241 e. The molecule has 0 spiro atoms. The number of hydrogen-bond acceptors (Lipinski definition) is 4. The summed E-state index contributed by atoms with van der Waals surface area (Å²) in [5.74, 6) is -0.323. The van der Waals surface area contributed by atoms with Crippen molar-refractivity contribution in [1.29, 1.82) is 0 Å². The van der Waals surface area contributed by atoms with Crippen LogP contribution in [0, 0.1) is 5.82 Å². The highest BCUT2D eigenvalue weighted by Gasteiger charge is 2.15. The highest BCUT2D eigenvalue weighted by atomic mass is 32.2. The average molecular weight is 314 g/mol. The minimum atomic E-state index is -3.52. The minimum Gasteiger partial charge on any atom is -0.326 e. The van der Waals surface area contributed by atoms with Crippen LogP contribution in [-0.4, -0.2) is 15.0 Å². The summed E-state index contributed by atoms with van der Waals surface area (Å²) in [6.07, 6.45) is 0.435. The Morgan fingerprint density at radius 3 is 2.75 bits per heavy atom. The van der Waals surface area contributed by atoms with Crippen molar-refractivity contribution in [2.75, 3.05) is 6.54 Å². The number of benzene rings is 1. The highest BCUT2D eigenvalue weighted by molar-refractivity contribution is 7.89. The third-order valence-corrected chi connectivity index (χ3v) is 5.28. The standard InChI is InChI=1S/C13H15FN2O2S2/c14-11-3-1-2-10(6-11)4-5-16-20(17,18)13-7-12(8-15)19-9-13/h1-3,6-7,9,16H,4-5,8,15H2. The van der Waals surface area contributed by atoms with E-state index in [4.69, 9.17) is 5.73 Å². The molecule has 0 aliphatic carbocycles. The molecule has 0 fully saturated rings. The van der Waals surface area contributed by atoms with E-state index in [1.165, 1.54) is 23.5 Å². The van der Waals surface area contributed by atoms with Gasteiger partial charge < -0.3 is 5.73 Å². The molecule has 2 rings (SSSR count). The predicted octanol–water partition coefficient (Wildman–Crippen LogP) is 1.87. The van der Waals surface area contributed by atoms with Crippen molar-refractivity contribution in [2.45, 2.75) is 17.9 Å². The summed E-state index contributed by atoms with van der Waals surface area (Å²) >= 11 is 1.31. The first-order valence-electron chi connectivity index (χ1n) is 6.03. The number of thiophene rings is 1. The van der Waals surface area contributed by atoms with Crippen molar-refractivity contribution in [2.24, 2.45) is 5.73 Å². The topological polar surface area (TPSA) is 72.2 Å². The van der Waals surface area contributed by atoms with Crippen LogP contribution in [0.25, 0.3) is 0 Å². The van der Waals surface area contributed by atoms with E-state index in [1.54, 1.807) is 23.6 Å². The van der Waals surface area contributed by atoms with Crippen molar-refractivity contribution >= 4 is 21.4 Å². The van der Waals surface area contributed by atoms with Crippen LogP contribution < -0.4 is 10.5 Å². The number of nitrogens with two attached hydrogens (primary N) is 1. The molecule has 0 bridgehead atoms. The summed E-state index contributed by atoms with van der Waals surface area (Å²) in [5.41, 5.74) is 6.21. The van der Waals surface area contributed by atoms with Crippen molar-refractivity contribution in [3.63, 3.8) is 0 Å². The first kappa shape index (κ1) is 15.1. The second-order valence-electron chi connectivity index (χ2n) is 4.23. The second kappa shape index (κ2) is 6.45. The van der Waals surface area contributed by atoms with Crippen LogP contribution in [0.1, 0.15) is 10.4 Å². The molecule has 0 atom stereocenters. The summed E-state index contributed by atoms with van der Waals surface area (Å²) in [7, 11) is -3.52. The minimum absolute atomic E-state index is 0.222. The Morgan fingerprint density at radius 1 is 1.30 bits per heavy atom. The maximum atomic E-state index is 13.0. The van der Waals surface area contributed by atoms with E-state index in [0.717, 1.165) is 10.4 Å². The van der Waals surface area contributed by atoms with E-state index in [9.17, 15) is 12.8 Å². The van der Waals surface area contributed by atoms with Crippen molar-refractivity contribution in [3.05, 3.63) is 52.0 Å². The van der Waals surface area contributed by atoms with Gasteiger partial charge in [0.25, 0.3) is 0 Å². The first-order chi connectivity index (χ1) is 9.51. The molecule has 1 aromatic heterocycles. The Hall–Kier alpha value is -1.28. The van der Waals surface area contributed by atoms with Gasteiger partial charge in [0.1, 0.15) is 5.82 Å². The van der Waals surface area contributed by atoms with Gasteiger partial charge in [-0.25, -0.2) is 17.5 Å². The lowest BCUT2D eigenvalue weighted by Crippen LogP contribution is -2.25. The molecule has 1 aromatic carbocycles. The van der Waals surface area contributed by atoms with Crippen LogP contribution in [0.5, 0.6) is 0 Å². The Bertz CT molecular complexity index is 683. The van der Waals surface area contributed by atoms with Crippen molar-refractivity contribution < 1.29 is 12.8 Å². The number of rotatable bonds is 6. The highest BCUT2D eigenvalue weighted by Crippen LogP contribution is 2.18. The van der Waals surface area contributed by atoms with E-state index in [0.29, 0.717) is 13.0 Å². The second-order valence-corrected chi connectivity index (χ2v) is 6.99. The normalized spacial score (nSPS) is 11.7. The molecule has 20 heavy (non-hydrogen) atoms. The van der Waals surface area contributed by atoms with Crippen LogP contribution >= 0.6 is 11.3 Å². The number of sulfonamides is 1. The fourth-order valence-corrected chi connectivity index (χ4v) is 3.90. The number of nitrogens with one attached hydrogen (secondary N) is 1. The molecule has 3 N–H and O–H groups in total. The van der Waals surface area contributed by atoms with Gasteiger partial charge >= 0.3 is 0 Å². The summed E-state index contributed by atoms with van der Waals surface area (Å²) in [4.78, 5) is 1.04. The van der Waals surface area contributed by atoms with E-state index in [-0.39, 0.29) is 17.3 Å². The van der Waals surface area contributed by atoms with Crippen molar-refractivity contribution in [1.82, 2.24) is 4.72 Å². The molecule has 0 amide bonds. The first-order valence-corrected chi connectivity index (χ1v) is 8.39. The van der Waals surface area contributed by atoms with Gasteiger partial charge in [-0.05, 0) is 30.2 Å². The molecular weight excluding hydrogens is 299 g/mol. The zero-order valence-corrected chi connectivity index (χ0v) is 12.3. The molecule has 7 heteroatoms. The summed E-state index contributed by atoms with van der Waals surface area (Å²) in [6.45, 7) is 0.545. The Morgan fingerprint density at radius 2 is 2.10 bits per heavy atom. The molecule has 2 aromatic rings. The molecule has 0 aliphatic heterocycles. The zero-order valence-electron chi connectivity index (χ0n) is 10.7. The van der Waals surface area contributed by atoms with Crippen LogP contribution in [0.15, 0.2) is 40.6 Å². The Balaban J connectivity index is 1.96. The van der Waals surface area contributed by atoms with Crippen molar-refractivity contribution in [3.8, 4) is 0 Å². The summed E-state index contributed by atoms with van der Waals surface area (Å²) in [6, 6.07) is 7.67. The average Bonchev–Trinajstić information content (AvgIpc) is 2.88. The van der Waals surface area contributed by atoms with Gasteiger partial charge in [-0.2, -0.15) is 0 Å². The van der Waals surface area contributed by atoms with Crippen LogP contribution in [0.3, 0.4) is 0 Å². The molecule has 0 radical (unpaired) electrons. The third kappa shape index (κ3) is 3.86. The number of hydrogen-bond donors (Lipinski definition) is 2. The van der Waals surface area contributed by atoms with Gasteiger partial charge in [0.15, 0.2) is 0 Å². The molecule has 4 nitrogen and oxygen atoms in total. The van der Waals surface area contributed by atoms with E-state index < -0.39 is 10.0 Å². The lowest BCUT2D eigenvalue weighted by atomic mass is 10.1. The van der Waals surface area contributed by atoms with E-state index >= 15 is 0 Å². The van der Waals surface area contributed by atoms with Gasteiger partial charge in [-0.1, -0.05) is 12.1 Å². The number of halogens is 1. The van der Waals surface area contributed by atoms with Gasteiger partial charge in [0.05, 0.1) is 4.90 Å². The van der Waals surface area contributed by atoms with E-state index in [1.807, 2.05) is 0 Å². The fourth-order valence-electron chi connectivity index (χ4n) is 1.71. The summed E-state index contributed by atoms with van der Waals surface area (Å²) < 4.78 is 39.5. The van der Waals surface area contributed by atoms with Crippen LogP contribution in [-0.2, 0) is 23.0 Å². The Labute approximate surface area is 121 Å². The van der Waals surface area contributed by atoms with Gasteiger partial charge in [-0.3, -0.25) is 0 Å². The predicted molar refractivity (Wildman–Crippen MR) is 77.5 cm³/mol. The lowest BCUT2D eigenvalue weighted by Gasteiger charge is -2.05. The third-order valence-electron chi connectivity index (χ3n) is 2.74. The Kier molecular flexibility index (Phi) is 4.87. The SMILES string of the molecule is NCc1cc(S(=O)(=O)NCCc2cccc(F)c2)cs1. The van der Waals surface area contributed by atoms with E-state index in [2.05, 4.69) is 4.72 Å². The zero-order chi connectivity index (χ0) is 14.6. The van der Waals surface area contributed by atoms with Gasteiger partial charge in [-0.15, -0.1) is 11.3 Å². The molecule has 0 unspecified atom stereocenters. The lowest BCUT2D eigenvalue weighted by molar-refractivity contribution is 0.582. The maximum Gasteiger partial charge on any atom is 0.241 e. The summed E-state index contributed by atoms with van der Waals surface area (Å²) in [5, 5.41) is 1.56. The molecule has 0 saturated carbocycles. The molecular formula is C13H15FN2O2S2. The maximum absolute atomic E-state index is 13.0. The van der Waals surface area contributed by atoms with Crippen LogP contribution in [0.2, 0.25) is 0 Å². The molecule has 0 aliphatic rings. The fraction of sp³-hybridized carbons (Fsp3) is 0.231. The van der Waals surface area contributed by atoms with Gasteiger partial charge in [0, 0.05) is 23.3 Å². The molecule has 108 valence electrons. The molecule has 0 saturated heterocycles. The van der Waals surface area contributed by atoms with Gasteiger partial charge in [0.2, 0.25) is 10.0 Å². The largest absolute Gasteiger partial charge is 0.326 e. The quantitative estimate of drug-likeness (QED) is 0.855. The van der Waals surface area contributed by atoms with Crippen LogP contribution in [0.4, 0.5) is 4.39 Å². The molecule has 1 heterocycles. The monoisotopic (exact) mass is 314 g/mol.